The van der Waals surface area contributed by atoms with E-state index in [0.717, 1.165) is 24.0 Å². The molecular weight excluding hydrogens is 446 g/mol. The third-order valence-corrected chi connectivity index (χ3v) is 5.79. The molecule has 1 saturated heterocycles. The minimum Gasteiger partial charge on any atom is -0.508 e. The van der Waals surface area contributed by atoms with E-state index in [0.29, 0.717) is 12.3 Å². The van der Waals surface area contributed by atoms with Crippen molar-refractivity contribution in [2.45, 2.75) is 62.6 Å². The molecule has 10 nitrogen and oxygen atoms in total. The fourth-order valence-electron chi connectivity index (χ4n) is 3.63. The minimum atomic E-state index is -1.77. The Balaban J connectivity index is 1.46. The van der Waals surface area contributed by atoms with Crippen LogP contribution in [0.3, 0.4) is 0 Å². The van der Waals surface area contributed by atoms with E-state index < -0.39 is 42.8 Å². The van der Waals surface area contributed by atoms with Crippen LogP contribution in [0.25, 0.3) is 0 Å². The third kappa shape index (κ3) is 6.66. The summed E-state index contributed by atoms with van der Waals surface area (Å²) in [6.07, 6.45) is -7.41. The predicted octanol–water partition coefficient (Wildman–Crippen LogP) is 0.307. The first-order chi connectivity index (χ1) is 16.2. The number of aliphatic hydroxyl groups is 4. The summed E-state index contributed by atoms with van der Waals surface area (Å²) in [4.78, 5) is 11.2. The molecule has 0 amide bonds. The molecule has 7 N–H and O–H groups in total. The molecular formula is C24H31NO9. The second kappa shape index (κ2) is 11.6. The maximum absolute atomic E-state index is 11.2. The fourth-order valence-corrected chi connectivity index (χ4v) is 3.63. The van der Waals surface area contributed by atoms with Crippen LogP contribution < -0.4 is 10.1 Å². The topological polar surface area (TPSA) is 169 Å². The Bertz CT molecular complexity index is 921. The number of phenolic OH excluding ortho intramolecular Hbond substituents is 1. The standard InChI is InChI=1S/C24H31NO9/c1-13(25-12-18(27)15-6-8-16(26)9-7-15)2-3-14-4-10-17(11-5-14)33-24-21(30)19(28)20(29)22(34-24)23(31)32/h4-11,13,18-22,24-30H,2-3,12H2,1H3,(H,31,32)/t13-,18-,19+,20+,21-,22+,24-/m1/s1. The largest absolute Gasteiger partial charge is 0.508 e. The average molecular weight is 478 g/mol. The summed E-state index contributed by atoms with van der Waals surface area (Å²) in [6, 6.07) is 13.5. The van der Waals surface area contributed by atoms with E-state index in [4.69, 9.17) is 14.6 Å². The number of rotatable bonds is 10. The summed E-state index contributed by atoms with van der Waals surface area (Å²) in [6.45, 7) is 2.39. The number of benzene rings is 2. The molecule has 0 saturated carbocycles. The van der Waals surface area contributed by atoms with E-state index in [1.54, 1.807) is 24.3 Å². The molecule has 0 aliphatic carbocycles. The Morgan fingerprint density at radius 2 is 1.68 bits per heavy atom. The highest BCUT2D eigenvalue weighted by Crippen LogP contribution is 2.25. The van der Waals surface area contributed by atoms with Crippen LogP contribution in [0.1, 0.15) is 30.6 Å². The number of aryl methyl sites for hydroxylation is 1. The zero-order valence-electron chi connectivity index (χ0n) is 18.7. The predicted molar refractivity (Wildman–Crippen MR) is 120 cm³/mol. The third-order valence-electron chi connectivity index (χ3n) is 5.79. The quantitative estimate of drug-likeness (QED) is 0.253. The summed E-state index contributed by atoms with van der Waals surface area (Å²) < 4.78 is 10.6. The number of carboxylic acid groups (broad SMARTS) is 1. The van der Waals surface area contributed by atoms with Crippen molar-refractivity contribution in [3.05, 3.63) is 59.7 Å². The number of aromatic hydroxyl groups is 1. The highest BCUT2D eigenvalue weighted by molar-refractivity contribution is 5.73. The van der Waals surface area contributed by atoms with Gasteiger partial charge in [0.25, 0.3) is 0 Å². The van der Waals surface area contributed by atoms with Gasteiger partial charge in [0.1, 0.15) is 29.8 Å². The van der Waals surface area contributed by atoms with Gasteiger partial charge in [0, 0.05) is 12.6 Å². The minimum absolute atomic E-state index is 0.134. The number of ether oxygens (including phenoxy) is 2. The maximum Gasteiger partial charge on any atom is 0.335 e. The van der Waals surface area contributed by atoms with Crippen molar-refractivity contribution < 1.29 is 44.9 Å². The Hall–Kier alpha value is -2.73. The summed E-state index contributed by atoms with van der Waals surface area (Å²) in [5, 5.41) is 61.7. The molecule has 2 aromatic carbocycles. The number of phenols is 1. The second-order valence-electron chi connectivity index (χ2n) is 8.45. The van der Waals surface area contributed by atoms with Crippen molar-refractivity contribution in [1.82, 2.24) is 5.32 Å². The van der Waals surface area contributed by atoms with Crippen molar-refractivity contribution in [2.24, 2.45) is 0 Å². The van der Waals surface area contributed by atoms with Gasteiger partial charge in [-0.2, -0.15) is 0 Å². The van der Waals surface area contributed by atoms with Gasteiger partial charge in [0.2, 0.25) is 6.29 Å². The first-order valence-corrected chi connectivity index (χ1v) is 11.0. The molecule has 1 aliphatic heterocycles. The summed E-state index contributed by atoms with van der Waals surface area (Å²) in [5.74, 6) is -1.01. The lowest BCUT2D eigenvalue weighted by molar-refractivity contribution is -0.271. The van der Waals surface area contributed by atoms with Crippen LogP contribution in [0.2, 0.25) is 0 Å². The van der Waals surface area contributed by atoms with Crippen molar-refractivity contribution in [2.75, 3.05) is 6.54 Å². The first-order valence-electron chi connectivity index (χ1n) is 11.0. The number of nitrogens with one attached hydrogen (secondary N) is 1. The van der Waals surface area contributed by atoms with Gasteiger partial charge in [-0.05, 0) is 55.2 Å². The molecule has 1 aliphatic rings. The monoisotopic (exact) mass is 477 g/mol. The van der Waals surface area contributed by atoms with Gasteiger partial charge in [-0.25, -0.2) is 4.79 Å². The van der Waals surface area contributed by atoms with Crippen LogP contribution >= 0.6 is 0 Å². The average Bonchev–Trinajstić information content (AvgIpc) is 2.82. The van der Waals surface area contributed by atoms with Crippen LogP contribution in [0.15, 0.2) is 48.5 Å². The van der Waals surface area contributed by atoms with E-state index in [1.165, 1.54) is 12.1 Å². The van der Waals surface area contributed by atoms with Crippen LogP contribution in [0.5, 0.6) is 11.5 Å². The number of aliphatic hydroxyl groups excluding tert-OH is 4. The summed E-state index contributed by atoms with van der Waals surface area (Å²) >= 11 is 0. The second-order valence-corrected chi connectivity index (χ2v) is 8.45. The highest BCUT2D eigenvalue weighted by Gasteiger charge is 2.48. The van der Waals surface area contributed by atoms with E-state index >= 15 is 0 Å². The van der Waals surface area contributed by atoms with Gasteiger partial charge >= 0.3 is 5.97 Å². The van der Waals surface area contributed by atoms with Gasteiger partial charge < -0.3 is 45.4 Å². The van der Waals surface area contributed by atoms with Gasteiger partial charge in [0.15, 0.2) is 6.10 Å². The number of aliphatic carboxylic acids is 1. The molecule has 0 spiro atoms. The van der Waals surface area contributed by atoms with Crippen molar-refractivity contribution in [3.63, 3.8) is 0 Å². The lowest BCUT2D eigenvalue weighted by Gasteiger charge is -2.38. The molecule has 3 rings (SSSR count). The Morgan fingerprint density at radius 3 is 2.29 bits per heavy atom. The summed E-state index contributed by atoms with van der Waals surface area (Å²) in [5.41, 5.74) is 1.74. The number of carboxylic acids is 1. The Labute approximate surface area is 197 Å². The molecule has 1 fully saturated rings. The highest BCUT2D eigenvalue weighted by atomic mass is 16.7. The zero-order chi connectivity index (χ0) is 24.8. The molecule has 186 valence electrons. The lowest BCUT2D eigenvalue weighted by atomic mass is 9.99. The molecule has 0 aromatic heterocycles. The maximum atomic E-state index is 11.2. The van der Waals surface area contributed by atoms with Gasteiger partial charge in [-0.1, -0.05) is 24.3 Å². The van der Waals surface area contributed by atoms with E-state index in [1.807, 2.05) is 19.1 Å². The molecule has 2 aromatic rings. The molecule has 1 heterocycles. The van der Waals surface area contributed by atoms with Crippen LogP contribution in [0, 0.1) is 0 Å². The van der Waals surface area contributed by atoms with Gasteiger partial charge in [-0.15, -0.1) is 0 Å². The van der Waals surface area contributed by atoms with Crippen molar-refractivity contribution in [1.29, 1.82) is 0 Å². The Kier molecular flexibility index (Phi) is 8.84. The summed E-state index contributed by atoms with van der Waals surface area (Å²) in [7, 11) is 0. The van der Waals surface area contributed by atoms with Crippen LogP contribution in [-0.2, 0) is 16.0 Å². The number of carbonyl (C=O) groups is 1. The van der Waals surface area contributed by atoms with E-state index in [2.05, 4.69) is 5.32 Å². The normalized spacial score (nSPS) is 26.6. The lowest BCUT2D eigenvalue weighted by Crippen LogP contribution is -2.61. The fraction of sp³-hybridized carbons (Fsp3) is 0.458. The van der Waals surface area contributed by atoms with E-state index in [9.17, 15) is 30.3 Å². The van der Waals surface area contributed by atoms with Crippen molar-refractivity contribution >= 4 is 5.97 Å². The van der Waals surface area contributed by atoms with Gasteiger partial charge in [0.05, 0.1) is 6.10 Å². The molecule has 0 radical (unpaired) electrons. The SMILES string of the molecule is C[C@H](CCc1ccc(O[C@@H]2O[C@H](C(=O)O)[C@@H](O)[C@H](O)[C@H]2O)cc1)NC[C@@H](O)c1ccc(O)cc1. The molecule has 0 unspecified atom stereocenters. The number of hydrogen-bond donors (Lipinski definition) is 7. The molecule has 0 bridgehead atoms. The van der Waals surface area contributed by atoms with Crippen LogP contribution in [0.4, 0.5) is 0 Å². The smallest absolute Gasteiger partial charge is 0.335 e. The molecule has 34 heavy (non-hydrogen) atoms. The molecule has 10 heteroatoms. The van der Waals surface area contributed by atoms with E-state index in [-0.39, 0.29) is 11.8 Å². The number of hydrogen-bond acceptors (Lipinski definition) is 9. The van der Waals surface area contributed by atoms with Crippen LogP contribution in [-0.4, -0.2) is 79.9 Å². The van der Waals surface area contributed by atoms with Gasteiger partial charge in [-0.3, -0.25) is 0 Å². The molecule has 7 atom stereocenters. The Morgan fingerprint density at radius 1 is 1.03 bits per heavy atom. The first kappa shape index (κ1) is 25.9. The zero-order valence-corrected chi connectivity index (χ0v) is 18.7. The van der Waals surface area contributed by atoms with Crippen molar-refractivity contribution in [3.8, 4) is 11.5 Å².